The smallest absolute Gasteiger partial charge is 0.204 e. The van der Waals surface area contributed by atoms with E-state index in [-0.39, 0.29) is 23.9 Å². The molecule has 0 aromatic heterocycles. The van der Waals surface area contributed by atoms with E-state index in [4.69, 9.17) is 14.6 Å². The zero-order chi connectivity index (χ0) is 28.0. The summed E-state index contributed by atoms with van der Waals surface area (Å²) in [5, 5.41) is 8.72. The second-order valence-corrected chi connectivity index (χ2v) is 10.3. The molecule has 0 atom stereocenters. The highest BCUT2D eigenvalue weighted by Crippen LogP contribution is 2.30. The minimum atomic E-state index is -1.65. The van der Waals surface area contributed by atoms with E-state index in [2.05, 4.69) is 0 Å². The van der Waals surface area contributed by atoms with Crippen molar-refractivity contribution in [2.24, 2.45) is 0 Å². The number of rotatable bonds is 7. The van der Waals surface area contributed by atoms with Gasteiger partial charge in [0.25, 0.3) is 0 Å². The van der Waals surface area contributed by atoms with E-state index in [9.17, 15) is 39.5 Å². The Bertz CT molecular complexity index is 1200. The summed E-state index contributed by atoms with van der Waals surface area (Å²) in [6, 6.07) is 2.34. The maximum absolute atomic E-state index is 13.6. The molecule has 0 bridgehead atoms. The van der Waals surface area contributed by atoms with Crippen molar-refractivity contribution >= 4 is 67.8 Å². The molecule has 15 heteroatoms. The van der Waals surface area contributed by atoms with Gasteiger partial charge in [-0.15, -0.1) is 0 Å². The quantitative estimate of drug-likeness (QED) is 0.0854. The van der Waals surface area contributed by atoms with Crippen molar-refractivity contribution in [1.82, 2.24) is 0 Å². The van der Waals surface area contributed by atoms with Gasteiger partial charge in [0.2, 0.25) is 17.5 Å². The van der Waals surface area contributed by atoms with Gasteiger partial charge < -0.3 is 14.6 Å². The second-order valence-electron chi connectivity index (χ2n) is 6.82. The van der Waals surface area contributed by atoms with E-state index in [1.165, 1.54) is 22.6 Å². The van der Waals surface area contributed by atoms with Crippen molar-refractivity contribution in [3.8, 4) is 17.2 Å². The van der Waals surface area contributed by atoms with Crippen LogP contribution in [0.15, 0.2) is 18.2 Å². The number of ether oxygens (including phenoxy) is 2. The van der Waals surface area contributed by atoms with Gasteiger partial charge in [-0.25, -0.2) is 26.3 Å². The lowest BCUT2D eigenvalue weighted by molar-refractivity contribution is 0.246. The van der Waals surface area contributed by atoms with Gasteiger partial charge in [-0.3, -0.25) is 0 Å². The van der Waals surface area contributed by atoms with Crippen LogP contribution >= 0.6 is 67.8 Å². The SMILES string of the molecule is Fc1cc(I)c(OCCCCOc2c(I)cc(F)c(F)c2F)c(F)c1F.Oc1c(I)cc(F)c(F)c1F. The zero-order valence-electron chi connectivity index (χ0n) is 17.9. The van der Waals surface area contributed by atoms with Gasteiger partial charge in [-0.2, -0.15) is 13.2 Å². The van der Waals surface area contributed by atoms with Crippen molar-refractivity contribution in [2.45, 2.75) is 12.8 Å². The number of hydrogen-bond acceptors (Lipinski definition) is 3. The minimum absolute atomic E-state index is 0.0291. The van der Waals surface area contributed by atoms with Crippen molar-refractivity contribution in [1.29, 1.82) is 0 Å². The monoisotopic (exact) mass is 876 g/mol. The van der Waals surface area contributed by atoms with Gasteiger partial charge in [0.05, 0.1) is 23.9 Å². The molecule has 1 N–H and O–H groups in total. The van der Waals surface area contributed by atoms with E-state index < -0.39 is 69.6 Å². The van der Waals surface area contributed by atoms with Crippen LogP contribution in [-0.4, -0.2) is 18.3 Å². The summed E-state index contributed by atoms with van der Waals surface area (Å²) in [5.74, 6) is -14.8. The third-order valence-corrected chi connectivity index (χ3v) is 6.69. The molecular formula is C22H12F9I3O3. The summed E-state index contributed by atoms with van der Waals surface area (Å²) in [4.78, 5) is 0. The highest BCUT2D eigenvalue weighted by atomic mass is 127. The average Bonchev–Trinajstić information content (AvgIpc) is 2.84. The highest BCUT2D eigenvalue weighted by molar-refractivity contribution is 14.1. The highest BCUT2D eigenvalue weighted by Gasteiger charge is 2.20. The van der Waals surface area contributed by atoms with E-state index in [0.717, 1.165) is 12.1 Å². The first-order valence-corrected chi connectivity index (χ1v) is 12.9. The molecule has 0 aliphatic carbocycles. The van der Waals surface area contributed by atoms with E-state index in [0.29, 0.717) is 18.9 Å². The van der Waals surface area contributed by atoms with Gasteiger partial charge in [0.15, 0.2) is 52.2 Å². The Balaban J connectivity index is 0.000000364. The molecule has 3 aromatic rings. The molecule has 3 rings (SSSR count). The number of phenolic OH excluding ortho intramolecular Hbond substituents is 1. The number of unbranched alkanes of at least 4 members (excludes halogenated alkanes) is 1. The number of hydrogen-bond donors (Lipinski definition) is 1. The first-order valence-electron chi connectivity index (χ1n) is 9.71. The van der Waals surface area contributed by atoms with Crippen LogP contribution in [0.5, 0.6) is 17.2 Å². The summed E-state index contributed by atoms with van der Waals surface area (Å²) in [6.07, 6.45) is 0.632. The molecule has 0 fully saturated rings. The van der Waals surface area contributed by atoms with Crippen molar-refractivity contribution in [3.05, 3.63) is 81.3 Å². The first kappa shape index (κ1) is 31.8. The number of aromatic hydroxyl groups is 1. The van der Waals surface area contributed by atoms with Gasteiger partial charge in [-0.1, -0.05) is 0 Å². The van der Waals surface area contributed by atoms with Crippen LogP contribution in [-0.2, 0) is 0 Å². The molecule has 0 heterocycles. The largest absolute Gasteiger partial charge is 0.504 e. The molecule has 0 aliphatic rings. The standard InChI is InChI=1S/C16H10F6I2O2.C6H2F3IO/c17-7-5-9(23)15(13(21)11(7)19)25-3-1-2-4-26-16-10(24)6-8(18)12(20)14(16)22;7-2-1-3(10)6(11)5(9)4(2)8/h5-6H,1-4H2;1,11H. The fourth-order valence-corrected chi connectivity index (χ4v) is 4.31. The van der Waals surface area contributed by atoms with E-state index in [1.54, 1.807) is 45.2 Å². The van der Waals surface area contributed by atoms with Crippen LogP contribution in [0.3, 0.4) is 0 Å². The van der Waals surface area contributed by atoms with Crippen LogP contribution in [0.4, 0.5) is 39.5 Å². The van der Waals surface area contributed by atoms with Crippen LogP contribution in [0.1, 0.15) is 12.8 Å². The summed E-state index contributed by atoms with van der Waals surface area (Å²) >= 11 is 4.72. The third-order valence-electron chi connectivity index (χ3n) is 4.27. The van der Waals surface area contributed by atoms with Gasteiger partial charge in [-0.05, 0) is 98.8 Å². The molecule has 3 nitrogen and oxygen atoms in total. The van der Waals surface area contributed by atoms with Crippen LogP contribution in [0.25, 0.3) is 0 Å². The summed E-state index contributed by atoms with van der Waals surface area (Å²) in [5.41, 5.74) is 0. The molecule has 0 unspecified atom stereocenters. The first-order chi connectivity index (χ1) is 17.3. The lowest BCUT2D eigenvalue weighted by Crippen LogP contribution is -2.08. The topological polar surface area (TPSA) is 38.7 Å². The summed E-state index contributed by atoms with van der Waals surface area (Å²) < 4.78 is 127. The van der Waals surface area contributed by atoms with Crippen LogP contribution < -0.4 is 9.47 Å². The molecule has 0 saturated heterocycles. The van der Waals surface area contributed by atoms with Crippen molar-refractivity contribution in [3.63, 3.8) is 0 Å². The maximum atomic E-state index is 13.6. The van der Waals surface area contributed by atoms with Crippen LogP contribution in [0.2, 0.25) is 0 Å². The minimum Gasteiger partial charge on any atom is -0.504 e. The van der Waals surface area contributed by atoms with Gasteiger partial charge in [0.1, 0.15) is 0 Å². The van der Waals surface area contributed by atoms with Crippen molar-refractivity contribution in [2.75, 3.05) is 13.2 Å². The Morgan fingerprint density at radius 2 is 0.838 bits per heavy atom. The third kappa shape index (κ3) is 8.06. The number of benzene rings is 3. The molecule has 0 aliphatic heterocycles. The zero-order valence-corrected chi connectivity index (χ0v) is 24.3. The van der Waals surface area contributed by atoms with Crippen molar-refractivity contribution < 1.29 is 54.1 Å². The predicted octanol–water partition coefficient (Wildman–Crippen LogP) is 8.38. The fourth-order valence-electron chi connectivity index (χ4n) is 2.47. The average molecular weight is 876 g/mol. The van der Waals surface area contributed by atoms with E-state index >= 15 is 0 Å². The van der Waals surface area contributed by atoms with Crippen LogP contribution in [0, 0.1) is 63.1 Å². The molecule has 202 valence electrons. The Morgan fingerprint density at radius 3 is 1.22 bits per heavy atom. The molecule has 0 radical (unpaired) electrons. The molecule has 37 heavy (non-hydrogen) atoms. The molecule has 0 amide bonds. The van der Waals surface area contributed by atoms with Gasteiger partial charge >= 0.3 is 0 Å². The molecule has 0 saturated carbocycles. The Kier molecular flexibility index (Phi) is 12.2. The van der Waals surface area contributed by atoms with Gasteiger partial charge in [0, 0.05) is 0 Å². The van der Waals surface area contributed by atoms with E-state index in [1.807, 2.05) is 0 Å². The summed E-state index contributed by atoms with van der Waals surface area (Å²) in [7, 11) is 0. The predicted molar refractivity (Wildman–Crippen MR) is 139 cm³/mol. The molecule has 0 spiro atoms. The second kappa shape index (κ2) is 14.1. The normalized spacial score (nSPS) is 10.7. The Morgan fingerprint density at radius 1 is 0.514 bits per heavy atom. The lowest BCUT2D eigenvalue weighted by atomic mass is 10.3. The Labute approximate surface area is 244 Å². The number of phenols is 1. The molecular weight excluding hydrogens is 864 g/mol. The number of halogens is 12. The fraction of sp³-hybridized carbons (Fsp3) is 0.182. The molecule has 3 aromatic carbocycles. The maximum Gasteiger partial charge on any atom is 0.204 e. The summed E-state index contributed by atoms with van der Waals surface area (Å²) in [6.45, 7) is -0.0581. The Hall–Kier alpha value is -1.38. The lowest BCUT2D eigenvalue weighted by Gasteiger charge is -2.12.